The van der Waals surface area contributed by atoms with Gasteiger partial charge in [-0.3, -0.25) is 14.4 Å². The van der Waals surface area contributed by atoms with Gasteiger partial charge in [0.05, 0.1) is 10.0 Å². The maximum atomic E-state index is 12.2. The first kappa shape index (κ1) is 14.2. The molecule has 1 N–H and O–H groups in total. The predicted octanol–water partition coefficient (Wildman–Crippen LogP) is 2.35. The largest absolute Gasteiger partial charge is 0.508 e. The van der Waals surface area contributed by atoms with Gasteiger partial charge in [-0.1, -0.05) is 23.2 Å². The minimum absolute atomic E-state index is 0.0398. The van der Waals surface area contributed by atoms with E-state index in [0.29, 0.717) is 23.1 Å². The monoisotopic (exact) mass is 326 g/mol. The maximum Gasteiger partial charge on any atom is 0.251 e. The number of nitrogens with zero attached hydrogens (tertiary/aromatic N) is 4. The van der Waals surface area contributed by atoms with Gasteiger partial charge in [-0.25, -0.2) is 4.98 Å². The number of anilines is 1. The summed E-state index contributed by atoms with van der Waals surface area (Å²) >= 11 is 12.2. The normalized spacial score (nSPS) is 18.5. The van der Waals surface area contributed by atoms with Crippen LogP contribution in [0, 0.1) is 0 Å². The standard InChI is InChI=1S/C13H12Cl2N4O2/c1-18-6-16-13(17-18)19-5-7(4-10(19)21)11-9(20)3-2-8(14)12(11)15/h2-3,6-7,20H,4-5H2,1H3/t7-/m1/s1. The van der Waals surface area contributed by atoms with E-state index in [-0.39, 0.29) is 29.0 Å². The molecule has 0 unspecified atom stereocenters. The van der Waals surface area contributed by atoms with Crippen LogP contribution in [0.3, 0.4) is 0 Å². The lowest BCUT2D eigenvalue weighted by Crippen LogP contribution is -2.25. The van der Waals surface area contributed by atoms with Gasteiger partial charge in [0.1, 0.15) is 12.1 Å². The van der Waals surface area contributed by atoms with Crippen molar-refractivity contribution in [1.82, 2.24) is 14.8 Å². The molecule has 8 heteroatoms. The third-order valence-electron chi connectivity index (χ3n) is 3.47. The molecule has 1 aromatic heterocycles. The van der Waals surface area contributed by atoms with Crippen molar-refractivity contribution in [3.05, 3.63) is 34.1 Å². The molecule has 1 atom stereocenters. The number of hydrogen-bond donors (Lipinski definition) is 1. The van der Waals surface area contributed by atoms with Crippen LogP contribution in [0.25, 0.3) is 0 Å². The highest BCUT2D eigenvalue weighted by Gasteiger charge is 2.36. The molecule has 0 radical (unpaired) electrons. The number of rotatable bonds is 2. The van der Waals surface area contributed by atoms with Gasteiger partial charge in [0.15, 0.2) is 0 Å². The fourth-order valence-corrected chi connectivity index (χ4v) is 2.97. The zero-order valence-corrected chi connectivity index (χ0v) is 12.6. The summed E-state index contributed by atoms with van der Waals surface area (Å²) in [5.41, 5.74) is 0.496. The summed E-state index contributed by atoms with van der Waals surface area (Å²) in [6.07, 6.45) is 1.76. The summed E-state index contributed by atoms with van der Waals surface area (Å²) < 4.78 is 1.53. The average molecular weight is 327 g/mol. The number of phenolic OH excluding ortho intramolecular Hbond substituents is 1. The number of aromatic nitrogens is 3. The van der Waals surface area contributed by atoms with Crippen molar-refractivity contribution in [3.63, 3.8) is 0 Å². The molecule has 2 heterocycles. The van der Waals surface area contributed by atoms with Crippen LogP contribution in [0.1, 0.15) is 17.9 Å². The second kappa shape index (κ2) is 5.20. The summed E-state index contributed by atoms with van der Waals surface area (Å²) in [5, 5.41) is 14.8. The number of aromatic hydroxyl groups is 1. The molecule has 3 rings (SSSR count). The Balaban J connectivity index is 1.93. The Morgan fingerprint density at radius 1 is 1.38 bits per heavy atom. The SMILES string of the molecule is Cn1cnc(N2C[C@H](c3c(O)ccc(Cl)c3Cl)CC2=O)n1. The smallest absolute Gasteiger partial charge is 0.251 e. The van der Waals surface area contributed by atoms with Crippen LogP contribution in [0.15, 0.2) is 18.5 Å². The van der Waals surface area contributed by atoms with Gasteiger partial charge < -0.3 is 5.11 Å². The molecule has 0 spiro atoms. The van der Waals surface area contributed by atoms with Crippen molar-refractivity contribution >= 4 is 35.1 Å². The molecule has 1 saturated heterocycles. The first-order chi connectivity index (χ1) is 9.97. The summed E-state index contributed by atoms with van der Waals surface area (Å²) in [5.74, 6) is 0.0369. The Morgan fingerprint density at radius 3 is 2.81 bits per heavy atom. The zero-order chi connectivity index (χ0) is 15.1. The molecular formula is C13H12Cl2N4O2. The highest BCUT2D eigenvalue weighted by atomic mass is 35.5. The molecular weight excluding hydrogens is 315 g/mol. The third-order valence-corrected chi connectivity index (χ3v) is 4.29. The molecule has 1 aliphatic rings. The molecule has 1 amide bonds. The first-order valence-electron chi connectivity index (χ1n) is 6.30. The molecule has 1 fully saturated rings. The fraction of sp³-hybridized carbons (Fsp3) is 0.308. The molecule has 110 valence electrons. The van der Waals surface area contributed by atoms with Crippen molar-refractivity contribution in [2.75, 3.05) is 11.4 Å². The van der Waals surface area contributed by atoms with Gasteiger partial charge in [-0.15, -0.1) is 5.10 Å². The van der Waals surface area contributed by atoms with Crippen LogP contribution in [0.5, 0.6) is 5.75 Å². The number of halogens is 2. The van der Waals surface area contributed by atoms with Gasteiger partial charge in [0, 0.05) is 31.5 Å². The lowest BCUT2D eigenvalue weighted by atomic mass is 9.97. The Hall–Kier alpha value is -1.79. The van der Waals surface area contributed by atoms with E-state index >= 15 is 0 Å². The molecule has 1 aliphatic heterocycles. The third kappa shape index (κ3) is 2.45. The van der Waals surface area contributed by atoms with Crippen LogP contribution in [-0.2, 0) is 11.8 Å². The minimum Gasteiger partial charge on any atom is -0.508 e. The van der Waals surface area contributed by atoms with Gasteiger partial charge >= 0.3 is 0 Å². The second-order valence-electron chi connectivity index (χ2n) is 4.92. The summed E-state index contributed by atoms with van der Waals surface area (Å²) in [7, 11) is 1.73. The fourth-order valence-electron chi connectivity index (χ4n) is 2.49. The van der Waals surface area contributed by atoms with Crippen molar-refractivity contribution in [3.8, 4) is 5.75 Å². The number of amides is 1. The van der Waals surface area contributed by atoms with Crippen molar-refractivity contribution in [1.29, 1.82) is 0 Å². The molecule has 0 aliphatic carbocycles. The molecule has 0 saturated carbocycles. The predicted molar refractivity (Wildman–Crippen MR) is 78.8 cm³/mol. The maximum absolute atomic E-state index is 12.2. The van der Waals surface area contributed by atoms with E-state index in [1.807, 2.05) is 0 Å². The number of benzene rings is 1. The van der Waals surface area contributed by atoms with E-state index < -0.39 is 0 Å². The lowest BCUT2D eigenvalue weighted by Gasteiger charge is -2.15. The van der Waals surface area contributed by atoms with Crippen LogP contribution >= 0.6 is 23.2 Å². The molecule has 6 nitrogen and oxygen atoms in total. The number of aryl methyl sites for hydroxylation is 1. The van der Waals surface area contributed by atoms with E-state index in [1.165, 1.54) is 28.0 Å². The van der Waals surface area contributed by atoms with E-state index in [0.717, 1.165) is 0 Å². The van der Waals surface area contributed by atoms with E-state index in [4.69, 9.17) is 23.2 Å². The highest BCUT2D eigenvalue weighted by Crippen LogP contribution is 2.41. The Morgan fingerprint density at radius 2 is 2.14 bits per heavy atom. The zero-order valence-electron chi connectivity index (χ0n) is 11.1. The summed E-state index contributed by atoms with van der Waals surface area (Å²) in [4.78, 5) is 17.7. The second-order valence-corrected chi connectivity index (χ2v) is 5.70. The first-order valence-corrected chi connectivity index (χ1v) is 7.06. The molecule has 0 bridgehead atoms. The average Bonchev–Trinajstić information content (AvgIpc) is 3.01. The Labute approximate surface area is 130 Å². The molecule has 21 heavy (non-hydrogen) atoms. The number of hydrogen-bond acceptors (Lipinski definition) is 4. The topological polar surface area (TPSA) is 71.2 Å². The van der Waals surface area contributed by atoms with Gasteiger partial charge in [0.25, 0.3) is 5.95 Å². The minimum atomic E-state index is -0.243. The van der Waals surface area contributed by atoms with Crippen LogP contribution in [0.4, 0.5) is 5.95 Å². The van der Waals surface area contributed by atoms with Gasteiger partial charge in [0.2, 0.25) is 5.91 Å². The number of carbonyl (C=O) groups excluding carboxylic acids is 1. The van der Waals surface area contributed by atoms with Crippen molar-refractivity contribution in [2.45, 2.75) is 12.3 Å². The molecule has 2 aromatic rings. The van der Waals surface area contributed by atoms with E-state index in [9.17, 15) is 9.90 Å². The Kier molecular flexibility index (Phi) is 3.51. The van der Waals surface area contributed by atoms with Gasteiger partial charge in [-0.2, -0.15) is 0 Å². The van der Waals surface area contributed by atoms with Crippen molar-refractivity contribution in [2.24, 2.45) is 7.05 Å². The number of carbonyl (C=O) groups is 1. The Bertz CT molecular complexity index is 716. The quantitative estimate of drug-likeness (QED) is 0.919. The van der Waals surface area contributed by atoms with Crippen molar-refractivity contribution < 1.29 is 9.90 Å². The summed E-state index contributed by atoms with van der Waals surface area (Å²) in [6, 6.07) is 3.01. The van der Waals surface area contributed by atoms with Crippen LogP contribution in [-0.4, -0.2) is 32.3 Å². The van der Waals surface area contributed by atoms with Gasteiger partial charge in [-0.05, 0) is 12.1 Å². The van der Waals surface area contributed by atoms with E-state index in [1.54, 1.807) is 7.05 Å². The van der Waals surface area contributed by atoms with Crippen LogP contribution < -0.4 is 4.90 Å². The van der Waals surface area contributed by atoms with Crippen LogP contribution in [0.2, 0.25) is 10.0 Å². The lowest BCUT2D eigenvalue weighted by molar-refractivity contribution is -0.117. The highest BCUT2D eigenvalue weighted by molar-refractivity contribution is 6.42. The van der Waals surface area contributed by atoms with E-state index in [2.05, 4.69) is 10.1 Å². The molecule has 1 aromatic carbocycles. The number of phenols is 1. The summed E-state index contributed by atoms with van der Waals surface area (Å²) in [6.45, 7) is 0.358.